The predicted octanol–water partition coefficient (Wildman–Crippen LogP) is 3.45. The van der Waals surface area contributed by atoms with Gasteiger partial charge in [0.1, 0.15) is 0 Å². The van der Waals surface area contributed by atoms with Crippen molar-refractivity contribution in [1.82, 2.24) is 5.32 Å². The number of halogens is 2. The number of benzene rings is 1. The lowest BCUT2D eigenvalue weighted by Crippen LogP contribution is -2.27. The molecule has 1 aromatic carbocycles. The summed E-state index contributed by atoms with van der Waals surface area (Å²) in [6.45, 7) is 5.13. The van der Waals surface area contributed by atoms with E-state index in [1.807, 2.05) is 0 Å². The first-order chi connectivity index (χ1) is 7.63. The van der Waals surface area contributed by atoms with E-state index in [1.54, 1.807) is 6.07 Å². The molecule has 0 bridgehead atoms. The fraction of sp³-hybridized carbons (Fsp3) is 0.500. The maximum atomic E-state index is 12.9. The Morgan fingerprint density at radius 2 is 2.06 bits per heavy atom. The van der Waals surface area contributed by atoms with E-state index in [4.69, 9.17) is 0 Å². The summed E-state index contributed by atoms with van der Waals surface area (Å²) in [7, 11) is 0. The molecule has 1 N–H and O–H groups in total. The third kappa shape index (κ3) is 4.49. The van der Waals surface area contributed by atoms with E-state index in [-0.39, 0.29) is 0 Å². The molecule has 0 amide bonds. The summed E-state index contributed by atoms with van der Waals surface area (Å²) in [5, 5.41) is 3.34. The van der Waals surface area contributed by atoms with Gasteiger partial charge in [0.05, 0.1) is 0 Å². The minimum Gasteiger partial charge on any atom is -0.313 e. The van der Waals surface area contributed by atoms with Crippen molar-refractivity contribution in [3.05, 3.63) is 29.8 Å². The van der Waals surface area contributed by atoms with Gasteiger partial charge in [-0.05, 0) is 31.5 Å². The maximum absolute atomic E-state index is 12.9. The molecule has 1 unspecified atom stereocenters. The third-order valence-electron chi connectivity index (χ3n) is 2.37. The van der Waals surface area contributed by atoms with Crippen molar-refractivity contribution in [2.75, 3.05) is 12.3 Å². The average molecular weight is 245 g/mol. The Morgan fingerprint density at radius 3 is 2.69 bits per heavy atom. The van der Waals surface area contributed by atoms with Crippen molar-refractivity contribution in [3.63, 3.8) is 0 Å². The normalized spacial score (nSPS) is 12.8. The predicted molar refractivity (Wildman–Crippen MR) is 64.8 cm³/mol. The molecule has 4 heteroatoms. The van der Waals surface area contributed by atoms with Gasteiger partial charge >= 0.3 is 0 Å². The summed E-state index contributed by atoms with van der Waals surface area (Å²) in [5.74, 6) is -0.711. The van der Waals surface area contributed by atoms with Crippen molar-refractivity contribution in [1.29, 1.82) is 0 Å². The molecule has 1 aromatic rings. The molecular weight excluding hydrogens is 228 g/mol. The maximum Gasteiger partial charge on any atom is 0.159 e. The SMILES string of the molecule is CCC(C)NCCSc1ccc(F)c(F)c1. The van der Waals surface area contributed by atoms with E-state index in [0.717, 1.165) is 23.6 Å². The summed E-state index contributed by atoms with van der Waals surface area (Å²) in [4.78, 5) is 0.768. The van der Waals surface area contributed by atoms with Crippen LogP contribution in [-0.4, -0.2) is 18.3 Å². The summed E-state index contributed by atoms with van der Waals surface area (Å²) in [6.07, 6.45) is 1.09. The van der Waals surface area contributed by atoms with Crippen molar-refractivity contribution in [2.45, 2.75) is 31.2 Å². The Balaban J connectivity index is 2.29. The molecular formula is C12H17F2NS. The molecule has 0 spiro atoms. The summed E-state index contributed by atoms with van der Waals surface area (Å²) in [6, 6.07) is 4.51. The fourth-order valence-corrected chi connectivity index (χ4v) is 1.99. The van der Waals surface area contributed by atoms with Gasteiger partial charge in [0.15, 0.2) is 11.6 Å². The molecule has 0 fully saturated rings. The molecule has 0 aromatic heterocycles. The molecule has 16 heavy (non-hydrogen) atoms. The van der Waals surface area contributed by atoms with E-state index in [0.29, 0.717) is 6.04 Å². The van der Waals surface area contributed by atoms with Crippen LogP contribution in [0.4, 0.5) is 8.78 Å². The van der Waals surface area contributed by atoms with Crippen molar-refractivity contribution < 1.29 is 8.78 Å². The highest BCUT2D eigenvalue weighted by molar-refractivity contribution is 7.99. The zero-order chi connectivity index (χ0) is 12.0. The van der Waals surface area contributed by atoms with Gasteiger partial charge in [-0.1, -0.05) is 6.92 Å². The van der Waals surface area contributed by atoms with Crippen LogP contribution in [0.3, 0.4) is 0 Å². The van der Waals surface area contributed by atoms with Crippen LogP contribution >= 0.6 is 11.8 Å². The summed E-state index contributed by atoms with van der Waals surface area (Å²) < 4.78 is 25.5. The summed E-state index contributed by atoms with van der Waals surface area (Å²) in [5.41, 5.74) is 0. The Morgan fingerprint density at radius 1 is 1.31 bits per heavy atom. The van der Waals surface area contributed by atoms with E-state index in [2.05, 4.69) is 19.2 Å². The first-order valence-corrected chi connectivity index (χ1v) is 6.43. The van der Waals surface area contributed by atoms with Crippen LogP contribution in [0.2, 0.25) is 0 Å². The molecule has 0 aliphatic heterocycles. The van der Waals surface area contributed by atoms with Gasteiger partial charge in [-0.2, -0.15) is 0 Å². The van der Waals surface area contributed by atoms with Gasteiger partial charge < -0.3 is 5.32 Å². The highest BCUT2D eigenvalue weighted by Gasteiger charge is 2.03. The number of rotatable bonds is 6. The molecule has 0 saturated carbocycles. The lowest BCUT2D eigenvalue weighted by Gasteiger charge is -2.10. The number of hydrogen-bond acceptors (Lipinski definition) is 2. The monoisotopic (exact) mass is 245 g/mol. The zero-order valence-electron chi connectivity index (χ0n) is 9.59. The molecule has 0 aliphatic rings. The van der Waals surface area contributed by atoms with Gasteiger partial charge in [-0.25, -0.2) is 8.78 Å². The van der Waals surface area contributed by atoms with Crippen molar-refractivity contribution in [2.24, 2.45) is 0 Å². The largest absolute Gasteiger partial charge is 0.313 e. The molecule has 0 saturated heterocycles. The highest BCUT2D eigenvalue weighted by Crippen LogP contribution is 2.19. The molecule has 90 valence electrons. The minimum atomic E-state index is -0.790. The van der Waals surface area contributed by atoms with Crippen LogP contribution in [0.1, 0.15) is 20.3 Å². The van der Waals surface area contributed by atoms with Gasteiger partial charge in [-0.15, -0.1) is 11.8 Å². The van der Waals surface area contributed by atoms with Gasteiger partial charge in [0.2, 0.25) is 0 Å². The van der Waals surface area contributed by atoms with Gasteiger partial charge in [-0.3, -0.25) is 0 Å². The van der Waals surface area contributed by atoms with Crippen molar-refractivity contribution in [3.8, 4) is 0 Å². The second-order valence-electron chi connectivity index (χ2n) is 3.69. The Hall–Kier alpha value is -0.610. The van der Waals surface area contributed by atoms with Gasteiger partial charge in [0, 0.05) is 23.2 Å². The first-order valence-electron chi connectivity index (χ1n) is 5.44. The zero-order valence-corrected chi connectivity index (χ0v) is 10.4. The fourth-order valence-electron chi connectivity index (χ4n) is 1.19. The van der Waals surface area contributed by atoms with Crippen LogP contribution < -0.4 is 5.32 Å². The molecule has 1 nitrogen and oxygen atoms in total. The first kappa shape index (κ1) is 13.5. The van der Waals surface area contributed by atoms with Crippen LogP contribution in [0.15, 0.2) is 23.1 Å². The van der Waals surface area contributed by atoms with E-state index < -0.39 is 11.6 Å². The second-order valence-corrected chi connectivity index (χ2v) is 4.86. The van der Waals surface area contributed by atoms with Crippen LogP contribution in [0.25, 0.3) is 0 Å². The lowest BCUT2D eigenvalue weighted by molar-refractivity contribution is 0.506. The van der Waals surface area contributed by atoms with Crippen molar-refractivity contribution >= 4 is 11.8 Å². The third-order valence-corrected chi connectivity index (χ3v) is 3.36. The standard InChI is InChI=1S/C12H17F2NS/c1-3-9(2)15-6-7-16-10-4-5-11(13)12(14)8-10/h4-5,8-9,15H,3,6-7H2,1-2H3. The highest BCUT2D eigenvalue weighted by atomic mass is 32.2. The van der Waals surface area contributed by atoms with E-state index >= 15 is 0 Å². The molecule has 1 atom stereocenters. The Kier molecular flexibility index (Phi) is 5.77. The minimum absolute atomic E-state index is 0.505. The van der Waals surface area contributed by atoms with E-state index in [9.17, 15) is 8.78 Å². The summed E-state index contributed by atoms with van der Waals surface area (Å²) >= 11 is 1.53. The quantitative estimate of drug-likeness (QED) is 0.608. The van der Waals surface area contributed by atoms with Gasteiger partial charge in [0.25, 0.3) is 0 Å². The van der Waals surface area contributed by atoms with E-state index in [1.165, 1.54) is 23.9 Å². The van der Waals surface area contributed by atoms with Crippen LogP contribution in [0.5, 0.6) is 0 Å². The molecule has 0 heterocycles. The number of nitrogens with one attached hydrogen (secondary N) is 1. The molecule has 0 aliphatic carbocycles. The van der Waals surface area contributed by atoms with Crippen LogP contribution in [0, 0.1) is 11.6 Å². The second kappa shape index (κ2) is 6.86. The number of thioether (sulfide) groups is 1. The smallest absolute Gasteiger partial charge is 0.159 e. The molecule has 1 rings (SSSR count). The number of hydrogen-bond donors (Lipinski definition) is 1. The average Bonchev–Trinajstić information content (AvgIpc) is 2.28. The molecule has 0 radical (unpaired) electrons. The lowest BCUT2D eigenvalue weighted by atomic mass is 10.3. The Labute approximate surface area is 99.6 Å². The topological polar surface area (TPSA) is 12.0 Å². The Bertz CT molecular complexity index is 331. The van der Waals surface area contributed by atoms with Crippen LogP contribution in [-0.2, 0) is 0 Å².